The highest BCUT2D eigenvalue weighted by Gasteiger charge is 2.02. The summed E-state index contributed by atoms with van der Waals surface area (Å²) in [5, 5.41) is 0. The summed E-state index contributed by atoms with van der Waals surface area (Å²) in [6.07, 6.45) is 0. The second kappa shape index (κ2) is 5.12. The van der Waals surface area contributed by atoms with E-state index in [2.05, 4.69) is 63.7 Å². The van der Waals surface area contributed by atoms with Crippen molar-refractivity contribution in [3.8, 4) is 0 Å². The molecule has 0 saturated carbocycles. The molecule has 0 aliphatic heterocycles. The summed E-state index contributed by atoms with van der Waals surface area (Å²) >= 11 is 13.5. The summed E-state index contributed by atoms with van der Waals surface area (Å²) in [6.45, 7) is 3.95. The SMILES string of the molecule is C/C(Br)=C(Br)/C(Br)=C(/C)Br. The molecule has 0 N–H and O–H groups in total. The smallest absolute Gasteiger partial charge is 0.0423 e. The number of hydrogen-bond acceptors (Lipinski definition) is 0. The lowest BCUT2D eigenvalue weighted by molar-refractivity contribution is 1.61. The molecular weight excluding hydrogens is 392 g/mol. The van der Waals surface area contributed by atoms with Crippen molar-refractivity contribution >= 4 is 63.7 Å². The molecule has 10 heavy (non-hydrogen) atoms. The molecule has 0 unspecified atom stereocenters. The van der Waals surface area contributed by atoms with E-state index >= 15 is 0 Å². The van der Waals surface area contributed by atoms with Gasteiger partial charge in [0.25, 0.3) is 0 Å². The predicted molar refractivity (Wildman–Crippen MR) is 61.1 cm³/mol. The van der Waals surface area contributed by atoms with E-state index in [-0.39, 0.29) is 0 Å². The molecule has 0 aliphatic rings. The van der Waals surface area contributed by atoms with Crippen molar-refractivity contribution in [3.05, 3.63) is 17.9 Å². The van der Waals surface area contributed by atoms with Crippen LogP contribution in [0.1, 0.15) is 13.8 Å². The Morgan fingerprint density at radius 3 is 1.00 bits per heavy atom. The van der Waals surface area contributed by atoms with Gasteiger partial charge in [-0.05, 0) is 45.7 Å². The second-order valence-corrected chi connectivity index (χ2v) is 5.66. The number of hydrogen-bond donors (Lipinski definition) is 0. The first-order chi connectivity index (χ1) is 4.46. The number of halogens is 4. The van der Waals surface area contributed by atoms with Gasteiger partial charge in [0.05, 0.1) is 0 Å². The molecule has 0 atom stereocenters. The molecule has 0 heterocycles. The third-order valence-electron chi connectivity index (χ3n) is 0.798. The van der Waals surface area contributed by atoms with Crippen molar-refractivity contribution in [3.63, 3.8) is 0 Å². The molecule has 0 amide bonds. The molecular formula is C6H6Br4. The van der Waals surface area contributed by atoms with Gasteiger partial charge in [0.1, 0.15) is 0 Å². The lowest BCUT2D eigenvalue weighted by Gasteiger charge is -1.99. The average Bonchev–Trinajstić information content (AvgIpc) is 1.84. The lowest BCUT2D eigenvalue weighted by Crippen LogP contribution is -1.74. The minimum atomic E-state index is 1.03. The molecule has 58 valence electrons. The Morgan fingerprint density at radius 1 is 0.700 bits per heavy atom. The van der Waals surface area contributed by atoms with Crippen LogP contribution in [0, 0.1) is 0 Å². The van der Waals surface area contributed by atoms with Gasteiger partial charge in [0, 0.05) is 17.9 Å². The van der Waals surface area contributed by atoms with Gasteiger partial charge in [-0.3, -0.25) is 0 Å². The predicted octanol–water partition coefficient (Wildman–Crippen LogP) is 5.03. The summed E-state index contributed by atoms with van der Waals surface area (Å²) in [7, 11) is 0. The Balaban J connectivity index is 4.71. The highest BCUT2D eigenvalue weighted by atomic mass is 79.9. The highest BCUT2D eigenvalue weighted by molar-refractivity contribution is 9.17. The van der Waals surface area contributed by atoms with Gasteiger partial charge in [0.2, 0.25) is 0 Å². The first-order valence-electron chi connectivity index (χ1n) is 2.51. The minimum absolute atomic E-state index is 1.03. The fraction of sp³-hybridized carbons (Fsp3) is 0.333. The summed E-state index contributed by atoms with van der Waals surface area (Å²) in [6, 6.07) is 0. The van der Waals surface area contributed by atoms with E-state index < -0.39 is 0 Å². The van der Waals surface area contributed by atoms with Gasteiger partial charge >= 0.3 is 0 Å². The molecule has 0 rings (SSSR count). The van der Waals surface area contributed by atoms with Crippen LogP contribution in [0.2, 0.25) is 0 Å². The van der Waals surface area contributed by atoms with E-state index in [1.165, 1.54) is 0 Å². The van der Waals surface area contributed by atoms with E-state index in [1.54, 1.807) is 0 Å². The Bertz CT molecular complexity index is 160. The van der Waals surface area contributed by atoms with Crippen LogP contribution in [0.5, 0.6) is 0 Å². The number of allylic oxidation sites excluding steroid dienone is 4. The Hall–Kier alpha value is 1.40. The molecule has 0 aliphatic carbocycles. The zero-order valence-electron chi connectivity index (χ0n) is 5.51. The maximum Gasteiger partial charge on any atom is 0.0423 e. The van der Waals surface area contributed by atoms with Crippen LogP contribution >= 0.6 is 63.7 Å². The van der Waals surface area contributed by atoms with E-state index in [4.69, 9.17) is 0 Å². The Labute approximate surface area is 94.7 Å². The summed E-state index contributed by atoms with van der Waals surface area (Å²) in [4.78, 5) is 0. The second-order valence-electron chi connectivity index (χ2n) is 1.69. The maximum absolute atomic E-state index is 3.41. The van der Waals surface area contributed by atoms with Crippen molar-refractivity contribution in [2.45, 2.75) is 13.8 Å². The fourth-order valence-corrected chi connectivity index (χ4v) is 1.83. The van der Waals surface area contributed by atoms with Gasteiger partial charge in [-0.2, -0.15) is 0 Å². The van der Waals surface area contributed by atoms with E-state index in [0.29, 0.717) is 0 Å². The van der Waals surface area contributed by atoms with Crippen molar-refractivity contribution in [1.82, 2.24) is 0 Å². The first-order valence-corrected chi connectivity index (χ1v) is 5.68. The molecule has 0 saturated heterocycles. The number of rotatable bonds is 1. The molecule has 0 aromatic heterocycles. The zero-order valence-corrected chi connectivity index (χ0v) is 11.9. The maximum atomic E-state index is 3.41. The van der Waals surface area contributed by atoms with Gasteiger partial charge in [-0.15, -0.1) is 0 Å². The van der Waals surface area contributed by atoms with E-state index in [0.717, 1.165) is 17.9 Å². The van der Waals surface area contributed by atoms with Crippen LogP contribution in [0.4, 0.5) is 0 Å². The molecule has 0 spiro atoms. The van der Waals surface area contributed by atoms with Crippen molar-refractivity contribution < 1.29 is 0 Å². The zero-order chi connectivity index (χ0) is 8.31. The minimum Gasteiger partial charge on any atom is -0.0547 e. The van der Waals surface area contributed by atoms with Gasteiger partial charge in [-0.25, -0.2) is 0 Å². The van der Waals surface area contributed by atoms with Crippen LogP contribution in [0.25, 0.3) is 0 Å². The van der Waals surface area contributed by atoms with Crippen LogP contribution in [-0.4, -0.2) is 0 Å². The van der Waals surface area contributed by atoms with Crippen LogP contribution < -0.4 is 0 Å². The van der Waals surface area contributed by atoms with Crippen molar-refractivity contribution in [1.29, 1.82) is 0 Å². The van der Waals surface area contributed by atoms with Gasteiger partial charge in [0.15, 0.2) is 0 Å². The summed E-state index contributed by atoms with van der Waals surface area (Å²) in [5.74, 6) is 0. The van der Waals surface area contributed by atoms with Gasteiger partial charge in [-0.1, -0.05) is 31.9 Å². The molecule has 0 nitrogen and oxygen atoms in total. The summed E-state index contributed by atoms with van der Waals surface area (Å²) < 4.78 is 4.19. The van der Waals surface area contributed by atoms with Crippen molar-refractivity contribution in [2.75, 3.05) is 0 Å². The van der Waals surface area contributed by atoms with Crippen LogP contribution in [0.15, 0.2) is 17.9 Å². The Morgan fingerprint density at radius 2 is 0.900 bits per heavy atom. The molecule has 4 heteroatoms. The third-order valence-corrected chi connectivity index (χ3v) is 5.17. The van der Waals surface area contributed by atoms with Crippen LogP contribution in [0.3, 0.4) is 0 Å². The van der Waals surface area contributed by atoms with Crippen molar-refractivity contribution in [2.24, 2.45) is 0 Å². The largest absolute Gasteiger partial charge is 0.0547 e. The normalized spacial score (nSPS) is 16.2. The first kappa shape index (κ1) is 11.4. The molecule has 0 aromatic rings. The quantitative estimate of drug-likeness (QED) is 0.544. The van der Waals surface area contributed by atoms with E-state index in [1.807, 2.05) is 13.8 Å². The third kappa shape index (κ3) is 3.69. The molecule has 0 bridgehead atoms. The van der Waals surface area contributed by atoms with Gasteiger partial charge < -0.3 is 0 Å². The average molecular weight is 398 g/mol. The molecule has 0 fully saturated rings. The lowest BCUT2D eigenvalue weighted by atomic mass is 10.4. The van der Waals surface area contributed by atoms with Crippen LogP contribution in [-0.2, 0) is 0 Å². The topological polar surface area (TPSA) is 0 Å². The molecule has 0 radical (unpaired) electrons. The molecule has 0 aromatic carbocycles. The summed E-state index contributed by atoms with van der Waals surface area (Å²) in [5.41, 5.74) is 0. The monoisotopic (exact) mass is 394 g/mol. The fourth-order valence-electron chi connectivity index (χ4n) is 0.302. The Kier molecular flexibility index (Phi) is 5.83. The van der Waals surface area contributed by atoms with E-state index in [9.17, 15) is 0 Å². The standard InChI is InChI=1S/C6H6Br4/c1-3(7)5(9)6(10)4(2)8/h1-2H3/b5-3+,6-4+. The highest BCUT2D eigenvalue weighted by Crippen LogP contribution is 2.33.